The first-order valence-corrected chi connectivity index (χ1v) is 8.04. The van der Waals surface area contributed by atoms with Crippen LogP contribution >= 0.6 is 11.8 Å². The number of thioether (sulfide) groups is 1. The minimum Gasteiger partial charge on any atom is -0.468 e. The van der Waals surface area contributed by atoms with E-state index in [0.29, 0.717) is 12.2 Å². The highest BCUT2D eigenvalue weighted by molar-refractivity contribution is 7.99. The van der Waals surface area contributed by atoms with Gasteiger partial charge in [0.05, 0.1) is 12.9 Å². The number of carbonyl (C=O) groups excluding carboxylic acids is 2. The van der Waals surface area contributed by atoms with Gasteiger partial charge in [0.15, 0.2) is 0 Å². The van der Waals surface area contributed by atoms with Crippen LogP contribution in [0.5, 0.6) is 0 Å². The first kappa shape index (κ1) is 17.6. The second-order valence-electron chi connectivity index (χ2n) is 5.72. The van der Waals surface area contributed by atoms with Crippen LogP contribution in [0, 0.1) is 0 Å². The van der Waals surface area contributed by atoms with Crippen molar-refractivity contribution in [1.29, 1.82) is 0 Å². The maximum absolute atomic E-state index is 12.0. The molecular formula is C16H23NO3S. The van der Waals surface area contributed by atoms with Crippen molar-refractivity contribution >= 4 is 29.3 Å². The van der Waals surface area contributed by atoms with Crippen molar-refractivity contribution in [3.63, 3.8) is 0 Å². The molecule has 1 rings (SSSR count). The van der Waals surface area contributed by atoms with Crippen LogP contribution in [-0.2, 0) is 19.7 Å². The number of ether oxygens (including phenoxy) is 1. The Morgan fingerprint density at radius 2 is 1.90 bits per heavy atom. The molecule has 116 valence electrons. The van der Waals surface area contributed by atoms with E-state index in [9.17, 15) is 9.59 Å². The summed E-state index contributed by atoms with van der Waals surface area (Å²) in [5, 5.41) is 2.95. The third-order valence-corrected chi connectivity index (χ3v) is 3.86. The molecule has 0 bridgehead atoms. The summed E-state index contributed by atoms with van der Waals surface area (Å²) in [7, 11) is 1.36. The Labute approximate surface area is 130 Å². The highest BCUT2D eigenvalue weighted by Crippen LogP contribution is 2.29. The SMILES string of the molecule is COC(=O)CSCCC(=O)Nc1ccccc1C(C)(C)C. The molecule has 0 aromatic heterocycles. The van der Waals surface area contributed by atoms with Crippen LogP contribution in [0.15, 0.2) is 24.3 Å². The van der Waals surface area contributed by atoms with Crippen LogP contribution in [-0.4, -0.2) is 30.5 Å². The zero-order valence-electron chi connectivity index (χ0n) is 13.1. The summed E-state index contributed by atoms with van der Waals surface area (Å²) >= 11 is 1.40. The molecular weight excluding hydrogens is 286 g/mol. The smallest absolute Gasteiger partial charge is 0.315 e. The third-order valence-electron chi connectivity index (χ3n) is 2.93. The topological polar surface area (TPSA) is 55.4 Å². The minimum atomic E-state index is -0.265. The number of esters is 1. The molecule has 4 nitrogen and oxygen atoms in total. The summed E-state index contributed by atoms with van der Waals surface area (Å²) in [5.41, 5.74) is 1.94. The lowest BCUT2D eigenvalue weighted by Gasteiger charge is -2.23. The Balaban J connectivity index is 2.50. The number of benzene rings is 1. The molecule has 0 unspecified atom stereocenters. The van der Waals surface area contributed by atoms with E-state index in [0.717, 1.165) is 11.3 Å². The van der Waals surface area contributed by atoms with E-state index in [4.69, 9.17) is 0 Å². The molecule has 0 atom stereocenters. The van der Waals surface area contributed by atoms with Gasteiger partial charge in [0, 0.05) is 17.9 Å². The summed E-state index contributed by atoms with van der Waals surface area (Å²) in [5.74, 6) is 0.573. The lowest BCUT2D eigenvalue weighted by Crippen LogP contribution is -2.19. The van der Waals surface area contributed by atoms with E-state index in [2.05, 4.69) is 30.8 Å². The van der Waals surface area contributed by atoms with Gasteiger partial charge in [-0.2, -0.15) is 0 Å². The standard InChI is InChI=1S/C16H23NO3S/c1-16(2,3)12-7-5-6-8-13(12)17-14(18)9-10-21-11-15(19)20-4/h5-8H,9-11H2,1-4H3,(H,17,18). The fourth-order valence-corrected chi connectivity index (χ4v) is 2.60. The predicted molar refractivity (Wildman–Crippen MR) is 87.7 cm³/mol. The van der Waals surface area contributed by atoms with Gasteiger partial charge in [-0.25, -0.2) is 0 Å². The Morgan fingerprint density at radius 1 is 1.24 bits per heavy atom. The van der Waals surface area contributed by atoms with Gasteiger partial charge in [-0.05, 0) is 17.0 Å². The van der Waals surface area contributed by atoms with Gasteiger partial charge in [-0.3, -0.25) is 9.59 Å². The maximum atomic E-state index is 12.0. The van der Waals surface area contributed by atoms with Gasteiger partial charge < -0.3 is 10.1 Å². The molecule has 1 N–H and O–H groups in total. The average Bonchev–Trinajstić information content (AvgIpc) is 2.42. The molecule has 1 amide bonds. The maximum Gasteiger partial charge on any atom is 0.315 e. The molecule has 0 radical (unpaired) electrons. The van der Waals surface area contributed by atoms with E-state index in [1.54, 1.807) is 0 Å². The van der Waals surface area contributed by atoms with Crippen LogP contribution < -0.4 is 5.32 Å². The molecule has 0 saturated carbocycles. The van der Waals surface area contributed by atoms with Crippen molar-refractivity contribution in [1.82, 2.24) is 0 Å². The highest BCUT2D eigenvalue weighted by Gasteiger charge is 2.18. The van der Waals surface area contributed by atoms with Crippen molar-refractivity contribution in [3.05, 3.63) is 29.8 Å². The first-order chi connectivity index (χ1) is 9.84. The monoisotopic (exact) mass is 309 g/mol. The van der Waals surface area contributed by atoms with Crippen molar-refractivity contribution in [2.45, 2.75) is 32.6 Å². The molecule has 0 aliphatic carbocycles. The van der Waals surface area contributed by atoms with Crippen LogP contribution in [0.2, 0.25) is 0 Å². The van der Waals surface area contributed by atoms with Crippen LogP contribution in [0.1, 0.15) is 32.8 Å². The lowest BCUT2D eigenvalue weighted by molar-refractivity contribution is -0.137. The first-order valence-electron chi connectivity index (χ1n) is 6.88. The average molecular weight is 309 g/mol. The van der Waals surface area contributed by atoms with Gasteiger partial charge in [-0.1, -0.05) is 39.0 Å². The number of nitrogens with one attached hydrogen (secondary N) is 1. The van der Waals surface area contributed by atoms with Gasteiger partial charge in [-0.15, -0.1) is 11.8 Å². The van der Waals surface area contributed by atoms with E-state index in [-0.39, 0.29) is 23.0 Å². The fraction of sp³-hybridized carbons (Fsp3) is 0.500. The van der Waals surface area contributed by atoms with Gasteiger partial charge in [0.2, 0.25) is 5.91 Å². The highest BCUT2D eigenvalue weighted by atomic mass is 32.2. The fourth-order valence-electron chi connectivity index (χ4n) is 1.84. The zero-order chi connectivity index (χ0) is 15.9. The Kier molecular flexibility index (Phi) is 6.75. The van der Waals surface area contributed by atoms with Gasteiger partial charge in [0.25, 0.3) is 0 Å². The molecule has 0 heterocycles. The zero-order valence-corrected chi connectivity index (χ0v) is 13.9. The largest absolute Gasteiger partial charge is 0.468 e. The molecule has 0 aliphatic heterocycles. The predicted octanol–water partition coefficient (Wildman–Crippen LogP) is 3.22. The second kappa shape index (κ2) is 8.08. The normalized spacial score (nSPS) is 11.0. The molecule has 0 fully saturated rings. The van der Waals surface area contributed by atoms with Crippen molar-refractivity contribution in [2.75, 3.05) is 23.9 Å². The van der Waals surface area contributed by atoms with E-state index in [1.165, 1.54) is 18.9 Å². The van der Waals surface area contributed by atoms with Crippen molar-refractivity contribution in [2.24, 2.45) is 0 Å². The van der Waals surface area contributed by atoms with E-state index < -0.39 is 0 Å². The van der Waals surface area contributed by atoms with E-state index >= 15 is 0 Å². The molecule has 21 heavy (non-hydrogen) atoms. The van der Waals surface area contributed by atoms with E-state index in [1.807, 2.05) is 24.3 Å². The number of carbonyl (C=O) groups is 2. The number of rotatable bonds is 6. The summed E-state index contributed by atoms with van der Waals surface area (Å²) < 4.78 is 4.55. The van der Waals surface area contributed by atoms with Crippen LogP contribution in [0.25, 0.3) is 0 Å². The number of para-hydroxylation sites is 1. The van der Waals surface area contributed by atoms with Gasteiger partial charge in [0.1, 0.15) is 0 Å². The molecule has 0 spiro atoms. The van der Waals surface area contributed by atoms with Crippen LogP contribution in [0.3, 0.4) is 0 Å². The minimum absolute atomic E-state index is 0.0243. The Hall–Kier alpha value is -1.49. The number of amides is 1. The van der Waals surface area contributed by atoms with Crippen LogP contribution in [0.4, 0.5) is 5.69 Å². The van der Waals surface area contributed by atoms with Crippen molar-refractivity contribution in [3.8, 4) is 0 Å². The number of hydrogen-bond donors (Lipinski definition) is 1. The second-order valence-corrected chi connectivity index (χ2v) is 6.83. The lowest BCUT2D eigenvalue weighted by atomic mass is 9.86. The number of anilines is 1. The van der Waals surface area contributed by atoms with Crippen molar-refractivity contribution < 1.29 is 14.3 Å². The molecule has 0 saturated heterocycles. The molecule has 5 heteroatoms. The summed E-state index contributed by atoms with van der Waals surface area (Å²) in [6.07, 6.45) is 0.375. The summed E-state index contributed by atoms with van der Waals surface area (Å²) in [6.45, 7) is 6.35. The Bertz CT molecular complexity index is 495. The van der Waals surface area contributed by atoms with Gasteiger partial charge >= 0.3 is 5.97 Å². The third kappa shape index (κ3) is 6.21. The summed E-state index contributed by atoms with van der Waals surface area (Å²) in [4.78, 5) is 22.9. The molecule has 1 aromatic rings. The number of hydrogen-bond acceptors (Lipinski definition) is 4. The quantitative estimate of drug-likeness (QED) is 0.647. The number of methoxy groups -OCH3 is 1. The Morgan fingerprint density at radius 3 is 2.52 bits per heavy atom. The molecule has 1 aromatic carbocycles. The molecule has 0 aliphatic rings. The summed E-state index contributed by atoms with van der Waals surface area (Å²) in [6, 6.07) is 7.83.